The van der Waals surface area contributed by atoms with E-state index in [1.54, 1.807) is 36.4 Å². The molecule has 28 heavy (non-hydrogen) atoms. The second kappa shape index (κ2) is 8.34. The predicted molar refractivity (Wildman–Crippen MR) is 113 cm³/mol. The van der Waals surface area contributed by atoms with Gasteiger partial charge in [0.25, 0.3) is 0 Å². The van der Waals surface area contributed by atoms with Crippen LogP contribution in [0.15, 0.2) is 53.4 Å². The number of hydrogen-bond acceptors (Lipinski definition) is 4. The van der Waals surface area contributed by atoms with Crippen molar-refractivity contribution in [3.63, 3.8) is 0 Å². The van der Waals surface area contributed by atoms with Crippen LogP contribution in [0.25, 0.3) is 6.08 Å². The number of nitrogens with one attached hydrogen (secondary N) is 2. The lowest BCUT2D eigenvalue weighted by Gasteiger charge is -2.18. The van der Waals surface area contributed by atoms with Crippen LogP contribution < -0.4 is 14.9 Å². The Hall–Kier alpha value is -2.35. The second-order valence-electron chi connectivity index (χ2n) is 6.82. The molecule has 0 radical (unpaired) electrons. The summed E-state index contributed by atoms with van der Waals surface area (Å²) >= 11 is 6.20. The molecular weight excluding hydrogens is 398 g/mol. The minimum absolute atomic E-state index is 0.0619. The highest BCUT2D eigenvalue weighted by Crippen LogP contribution is 2.32. The summed E-state index contributed by atoms with van der Waals surface area (Å²) in [4.78, 5) is 14.3. The Morgan fingerprint density at radius 2 is 1.82 bits per heavy atom. The third-order valence-corrected chi connectivity index (χ3v) is 6.05. The summed E-state index contributed by atoms with van der Waals surface area (Å²) in [6.07, 6.45) is 4.79. The van der Waals surface area contributed by atoms with Gasteiger partial charge in [0.1, 0.15) is 0 Å². The van der Waals surface area contributed by atoms with Gasteiger partial charge >= 0.3 is 0 Å². The van der Waals surface area contributed by atoms with Crippen LogP contribution in [0.4, 0.5) is 11.4 Å². The van der Waals surface area contributed by atoms with Gasteiger partial charge in [-0.15, -0.1) is 0 Å². The predicted octanol–water partition coefficient (Wildman–Crippen LogP) is 3.50. The number of sulfonamides is 1. The lowest BCUT2D eigenvalue weighted by molar-refractivity contribution is -0.111. The van der Waals surface area contributed by atoms with Crippen LogP contribution in [-0.2, 0) is 14.8 Å². The summed E-state index contributed by atoms with van der Waals surface area (Å²) in [7, 11) is 0.222. The molecule has 1 fully saturated rings. The molecule has 2 aromatic carbocycles. The molecule has 0 unspecified atom stereocenters. The zero-order valence-electron chi connectivity index (χ0n) is 15.6. The fourth-order valence-corrected chi connectivity index (χ4v) is 4.31. The molecule has 0 aliphatic heterocycles. The highest BCUT2D eigenvalue weighted by Gasteiger charge is 2.27. The highest BCUT2D eigenvalue weighted by molar-refractivity contribution is 7.89. The molecule has 148 valence electrons. The number of carbonyl (C=O) groups excluding carboxylic acids is 1. The number of halogens is 1. The van der Waals surface area contributed by atoms with Gasteiger partial charge in [0.15, 0.2) is 0 Å². The molecule has 2 aromatic rings. The van der Waals surface area contributed by atoms with Gasteiger partial charge in [0.2, 0.25) is 15.9 Å². The molecule has 3 rings (SSSR count). The number of benzene rings is 2. The van der Waals surface area contributed by atoms with Crippen molar-refractivity contribution < 1.29 is 13.2 Å². The second-order valence-corrected chi connectivity index (χ2v) is 8.94. The minimum atomic E-state index is -3.47. The van der Waals surface area contributed by atoms with Crippen LogP contribution in [0.3, 0.4) is 0 Å². The maximum atomic E-state index is 12.3. The zero-order chi connectivity index (χ0) is 20.3. The zero-order valence-corrected chi connectivity index (χ0v) is 17.2. The van der Waals surface area contributed by atoms with Gasteiger partial charge in [-0.1, -0.05) is 29.8 Å². The maximum Gasteiger partial charge on any atom is 0.248 e. The molecule has 6 nitrogen and oxygen atoms in total. The van der Waals surface area contributed by atoms with E-state index >= 15 is 0 Å². The Kier molecular flexibility index (Phi) is 6.07. The van der Waals surface area contributed by atoms with Crippen molar-refractivity contribution in [2.24, 2.45) is 0 Å². The van der Waals surface area contributed by atoms with Gasteiger partial charge in [-0.3, -0.25) is 4.79 Å². The lowest BCUT2D eigenvalue weighted by atomic mass is 10.2. The summed E-state index contributed by atoms with van der Waals surface area (Å²) in [5, 5.41) is 3.35. The Labute approximate surface area is 170 Å². The molecule has 0 spiro atoms. The quantitative estimate of drug-likeness (QED) is 0.673. The minimum Gasteiger partial charge on any atom is -0.375 e. The molecule has 0 bridgehead atoms. The van der Waals surface area contributed by atoms with Gasteiger partial charge in [-0.05, 0) is 48.7 Å². The van der Waals surface area contributed by atoms with E-state index in [4.69, 9.17) is 11.6 Å². The number of para-hydroxylation sites is 1. The Balaban J connectivity index is 1.67. The van der Waals surface area contributed by atoms with Gasteiger partial charge in [-0.2, -0.15) is 0 Å². The average molecular weight is 420 g/mol. The Morgan fingerprint density at radius 1 is 1.14 bits per heavy atom. The average Bonchev–Trinajstić information content (AvgIpc) is 3.43. The van der Waals surface area contributed by atoms with E-state index in [1.807, 2.05) is 19.0 Å². The van der Waals surface area contributed by atoms with Crippen LogP contribution in [0.1, 0.15) is 18.4 Å². The third kappa shape index (κ3) is 5.13. The monoisotopic (exact) mass is 419 g/mol. The van der Waals surface area contributed by atoms with Crippen molar-refractivity contribution in [3.8, 4) is 0 Å². The first kappa shape index (κ1) is 20.4. The molecule has 0 saturated heterocycles. The molecule has 1 aliphatic carbocycles. The first-order valence-electron chi connectivity index (χ1n) is 8.83. The molecule has 8 heteroatoms. The number of hydrogen-bond donors (Lipinski definition) is 2. The van der Waals surface area contributed by atoms with Crippen LogP contribution in [0.2, 0.25) is 5.02 Å². The molecule has 0 heterocycles. The van der Waals surface area contributed by atoms with E-state index in [1.165, 1.54) is 18.2 Å². The van der Waals surface area contributed by atoms with E-state index < -0.39 is 10.0 Å². The third-order valence-electron chi connectivity index (χ3n) is 4.21. The molecular formula is C20H22ClN3O3S. The van der Waals surface area contributed by atoms with Crippen molar-refractivity contribution in [2.45, 2.75) is 23.8 Å². The first-order chi connectivity index (χ1) is 13.3. The molecule has 0 aromatic heterocycles. The fourth-order valence-electron chi connectivity index (χ4n) is 2.66. The summed E-state index contributed by atoms with van der Waals surface area (Å²) in [5.74, 6) is -0.308. The van der Waals surface area contributed by atoms with Gasteiger partial charge in [0.05, 0.1) is 21.3 Å². The van der Waals surface area contributed by atoms with Crippen LogP contribution in [0, 0.1) is 0 Å². The number of nitrogens with zero attached hydrogens (tertiary/aromatic N) is 1. The fraction of sp³-hybridized carbons (Fsp3) is 0.250. The molecule has 2 N–H and O–H groups in total. The molecule has 1 amide bonds. The van der Waals surface area contributed by atoms with Gasteiger partial charge in [-0.25, -0.2) is 13.1 Å². The van der Waals surface area contributed by atoms with Crippen molar-refractivity contribution in [3.05, 3.63) is 59.1 Å². The maximum absolute atomic E-state index is 12.3. The van der Waals surface area contributed by atoms with Crippen molar-refractivity contribution in [1.82, 2.24) is 4.72 Å². The number of anilines is 2. The molecule has 1 aliphatic rings. The van der Waals surface area contributed by atoms with E-state index in [0.717, 1.165) is 24.1 Å². The van der Waals surface area contributed by atoms with Crippen LogP contribution in [-0.4, -0.2) is 34.5 Å². The highest BCUT2D eigenvalue weighted by atomic mass is 35.5. The van der Waals surface area contributed by atoms with Gasteiger partial charge in [0, 0.05) is 26.2 Å². The van der Waals surface area contributed by atoms with E-state index in [2.05, 4.69) is 10.0 Å². The lowest BCUT2D eigenvalue weighted by Crippen LogP contribution is -2.25. The van der Waals surface area contributed by atoms with E-state index in [-0.39, 0.29) is 16.8 Å². The SMILES string of the molecule is CN(C)c1c(Cl)cccc1NC(=O)C=Cc1ccc(S(=O)(=O)NC2CC2)cc1. The number of carbonyl (C=O) groups is 1. The topological polar surface area (TPSA) is 78.5 Å². The van der Waals surface area contributed by atoms with Gasteiger partial charge < -0.3 is 10.2 Å². The van der Waals surface area contributed by atoms with Crippen molar-refractivity contribution in [1.29, 1.82) is 0 Å². The summed E-state index contributed by atoms with van der Waals surface area (Å²) in [5.41, 5.74) is 2.06. The number of amides is 1. The smallest absolute Gasteiger partial charge is 0.248 e. The van der Waals surface area contributed by atoms with Crippen molar-refractivity contribution in [2.75, 3.05) is 24.3 Å². The van der Waals surface area contributed by atoms with E-state index in [0.29, 0.717) is 10.7 Å². The summed E-state index contributed by atoms with van der Waals surface area (Å²) in [6, 6.07) is 11.8. The standard InChI is InChI=1S/C20H22ClN3O3S/c1-24(2)20-17(21)4-3-5-18(20)22-19(25)13-8-14-6-11-16(12-7-14)28(26,27)23-15-9-10-15/h3-8,11-13,15,23H,9-10H2,1-2H3,(H,22,25). The van der Waals surface area contributed by atoms with Crippen LogP contribution >= 0.6 is 11.6 Å². The summed E-state index contributed by atoms with van der Waals surface area (Å²) < 4.78 is 27.0. The largest absolute Gasteiger partial charge is 0.375 e. The van der Waals surface area contributed by atoms with E-state index in [9.17, 15) is 13.2 Å². The molecule has 0 atom stereocenters. The Bertz CT molecular complexity index is 998. The van der Waals surface area contributed by atoms with Crippen molar-refractivity contribution >= 4 is 45.0 Å². The Morgan fingerprint density at radius 3 is 2.43 bits per heavy atom. The first-order valence-corrected chi connectivity index (χ1v) is 10.7. The normalized spacial score (nSPS) is 14.2. The molecule has 1 saturated carbocycles. The van der Waals surface area contributed by atoms with Crippen LogP contribution in [0.5, 0.6) is 0 Å². The number of rotatable bonds is 7. The summed E-state index contributed by atoms with van der Waals surface area (Å²) in [6.45, 7) is 0.